The molecule has 0 aliphatic rings. The number of fused-ring (bicyclic) bond motifs is 1. The van der Waals surface area contributed by atoms with Crippen molar-refractivity contribution >= 4 is 28.7 Å². The number of carbonyl (C=O) groups is 1. The van der Waals surface area contributed by atoms with Gasteiger partial charge in [-0.25, -0.2) is 4.52 Å². The summed E-state index contributed by atoms with van der Waals surface area (Å²) in [6.45, 7) is 1.85. The van der Waals surface area contributed by atoms with Gasteiger partial charge >= 0.3 is 0 Å². The van der Waals surface area contributed by atoms with Crippen LogP contribution in [0.2, 0.25) is 5.02 Å². The van der Waals surface area contributed by atoms with Crippen molar-refractivity contribution in [2.75, 3.05) is 12.4 Å². The van der Waals surface area contributed by atoms with E-state index < -0.39 is 0 Å². The number of hydrogen-bond donors (Lipinski definition) is 1. The van der Waals surface area contributed by atoms with Crippen molar-refractivity contribution in [3.05, 3.63) is 81.9 Å². The van der Waals surface area contributed by atoms with E-state index in [-0.39, 0.29) is 18.0 Å². The van der Waals surface area contributed by atoms with Crippen molar-refractivity contribution in [2.24, 2.45) is 0 Å². The molecule has 1 amide bonds. The molecule has 0 bridgehead atoms. The van der Waals surface area contributed by atoms with Gasteiger partial charge in [0.05, 0.1) is 18.5 Å². The first kappa shape index (κ1) is 19.7. The number of anilines is 1. The third-order valence-electron chi connectivity index (χ3n) is 4.70. The Morgan fingerprint density at radius 1 is 1.13 bits per heavy atom. The first-order chi connectivity index (χ1) is 14.4. The lowest BCUT2D eigenvalue weighted by molar-refractivity contribution is -0.116. The van der Waals surface area contributed by atoms with Gasteiger partial charge in [0.2, 0.25) is 5.91 Å². The van der Waals surface area contributed by atoms with Crippen molar-refractivity contribution in [3.63, 3.8) is 0 Å². The number of ether oxygens (including phenoxy) is 1. The van der Waals surface area contributed by atoms with Crippen molar-refractivity contribution in [2.45, 2.75) is 13.5 Å². The summed E-state index contributed by atoms with van der Waals surface area (Å²) in [6, 6.07) is 14.5. The number of hydrogen-bond acceptors (Lipinski definition) is 4. The molecule has 2 aromatic carbocycles. The number of methoxy groups -OCH3 is 1. The van der Waals surface area contributed by atoms with E-state index in [0.717, 1.165) is 11.1 Å². The Bertz CT molecular complexity index is 1290. The predicted molar refractivity (Wildman–Crippen MR) is 116 cm³/mol. The van der Waals surface area contributed by atoms with Gasteiger partial charge in [-0.1, -0.05) is 41.4 Å². The minimum Gasteiger partial charge on any atom is -0.495 e. The van der Waals surface area contributed by atoms with Gasteiger partial charge in [0, 0.05) is 23.0 Å². The Morgan fingerprint density at radius 2 is 1.90 bits per heavy atom. The molecule has 0 saturated heterocycles. The zero-order chi connectivity index (χ0) is 21.3. The van der Waals surface area contributed by atoms with Crippen LogP contribution in [0, 0.1) is 6.92 Å². The molecule has 8 heteroatoms. The first-order valence-electron chi connectivity index (χ1n) is 9.24. The Labute approximate surface area is 177 Å². The highest BCUT2D eigenvalue weighted by atomic mass is 35.5. The summed E-state index contributed by atoms with van der Waals surface area (Å²) in [5.74, 6) is 0.106. The lowest BCUT2D eigenvalue weighted by atomic mass is 10.1. The fraction of sp³-hybridized carbons (Fsp3) is 0.136. The molecule has 30 heavy (non-hydrogen) atoms. The Kier molecular flexibility index (Phi) is 5.29. The van der Waals surface area contributed by atoms with Gasteiger partial charge in [0.15, 0.2) is 0 Å². The van der Waals surface area contributed by atoms with Crippen LogP contribution in [0.1, 0.15) is 5.56 Å². The summed E-state index contributed by atoms with van der Waals surface area (Å²) in [5.41, 5.74) is 3.28. The number of halogens is 1. The monoisotopic (exact) mass is 422 g/mol. The number of amides is 1. The number of aryl methyl sites for hydroxylation is 1. The summed E-state index contributed by atoms with van der Waals surface area (Å²) >= 11 is 6.00. The van der Waals surface area contributed by atoms with Crippen LogP contribution in [-0.4, -0.2) is 27.2 Å². The average Bonchev–Trinajstić information content (AvgIpc) is 3.16. The van der Waals surface area contributed by atoms with Crippen LogP contribution in [0.5, 0.6) is 5.75 Å². The van der Waals surface area contributed by atoms with E-state index in [9.17, 15) is 9.59 Å². The largest absolute Gasteiger partial charge is 0.495 e. The van der Waals surface area contributed by atoms with E-state index in [1.165, 1.54) is 22.4 Å². The molecule has 0 unspecified atom stereocenters. The lowest BCUT2D eigenvalue weighted by Crippen LogP contribution is -2.28. The third-order valence-corrected chi connectivity index (χ3v) is 4.94. The molecule has 4 rings (SSSR count). The highest BCUT2D eigenvalue weighted by Gasteiger charge is 2.13. The molecule has 2 aromatic heterocycles. The second-order valence-electron chi connectivity index (χ2n) is 6.85. The molecular formula is C22H19ClN4O3. The SMILES string of the molecule is COc1ccc(Cl)cc1NC(=O)Cn1ccn2nc(-c3ccc(C)cc3)cc2c1=O. The van der Waals surface area contributed by atoms with Crippen LogP contribution in [0.4, 0.5) is 5.69 Å². The molecule has 0 aliphatic carbocycles. The molecule has 152 valence electrons. The molecule has 1 N–H and O–H groups in total. The van der Waals surface area contributed by atoms with Gasteiger partial charge in [0.1, 0.15) is 17.8 Å². The van der Waals surface area contributed by atoms with E-state index in [1.807, 2.05) is 31.2 Å². The molecular weight excluding hydrogens is 404 g/mol. The van der Waals surface area contributed by atoms with E-state index >= 15 is 0 Å². The fourth-order valence-electron chi connectivity index (χ4n) is 3.14. The number of rotatable bonds is 5. The maximum atomic E-state index is 12.9. The second kappa shape index (κ2) is 8.04. The number of carbonyl (C=O) groups excluding carboxylic acids is 1. The van der Waals surface area contributed by atoms with Gasteiger partial charge in [0.25, 0.3) is 5.56 Å². The van der Waals surface area contributed by atoms with Gasteiger partial charge in [-0.05, 0) is 31.2 Å². The second-order valence-corrected chi connectivity index (χ2v) is 7.29. The zero-order valence-corrected chi connectivity index (χ0v) is 17.2. The number of nitrogens with zero attached hydrogens (tertiary/aromatic N) is 3. The number of benzene rings is 2. The van der Waals surface area contributed by atoms with Crippen LogP contribution in [0.15, 0.2) is 65.7 Å². The fourth-order valence-corrected chi connectivity index (χ4v) is 3.31. The number of nitrogens with one attached hydrogen (secondary N) is 1. The predicted octanol–water partition coefficient (Wildman–Crippen LogP) is 3.77. The summed E-state index contributed by atoms with van der Waals surface area (Å²) < 4.78 is 8.09. The van der Waals surface area contributed by atoms with Crippen LogP contribution >= 0.6 is 11.6 Å². The van der Waals surface area contributed by atoms with Crippen molar-refractivity contribution < 1.29 is 9.53 Å². The van der Waals surface area contributed by atoms with E-state index in [0.29, 0.717) is 27.7 Å². The Morgan fingerprint density at radius 3 is 2.63 bits per heavy atom. The molecule has 0 aliphatic heterocycles. The standard InChI is InChI=1S/C22H19ClN4O3/c1-14-3-5-15(6-4-14)17-12-19-22(29)26(9-10-27(19)25-17)13-21(28)24-18-11-16(23)7-8-20(18)30-2/h3-12H,13H2,1-2H3,(H,24,28). The summed E-state index contributed by atoms with van der Waals surface area (Å²) in [4.78, 5) is 25.4. The minimum atomic E-state index is -0.375. The van der Waals surface area contributed by atoms with E-state index in [2.05, 4.69) is 10.4 Å². The highest BCUT2D eigenvalue weighted by molar-refractivity contribution is 6.31. The molecule has 4 aromatic rings. The smallest absolute Gasteiger partial charge is 0.277 e. The maximum absolute atomic E-state index is 12.9. The summed E-state index contributed by atoms with van der Waals surface area (Å²) in [5, 5.41) is 7.66. The summed E-state index contributed by atoms with van der Waals surface area (Å²) in [7, 11) is 1.50. The minimum absolute atomic E-state index is 0.157. The lowest BCUT2D eigenvalue weighted by Gasteiger charge is -2.11. The van der Waals surface area contributed by atoms with E-state index in [1.54, 1.807) is 30.5 Å². The maximum Gasteiger partial charge on any atom is 0.277 e. The van der Waals surface area contributed by atoms with Gasteiger partial charge in [-0.3, -0.25) is 9.59 Å². The van der Waals surface area contributed by atoms with Crippen molar-refractivity contribution in [1.82, 2.24) is 14.2 Å². The third kappa shape index (κ3) is 3.92. The van der Waals surface area contributed by atoms with Gasteiger partial charge < -0.3 is 14.6 Å². The number of aromatic nitrogens is 3. The average molecular weight is 423 g/mol. The van der Waals surface area contributed by atoms with Crippen LogP contribution in [-0.2, 0) is 11.3 Å². The zero-order valence-electron chi connectivity index (χ0n) is 16.4. The molecule has 2 heterocycles. The molecule has 0 radical (unpaired) electrons. The van der Waals surface area contributed by atoms with Gasteiger partial charge in [-0.15, -0.1) is 0 Å². The van der Waals surface area contributed by atoms with E-state index in [4.69, 9.17) is 16.3 Å². The Hall–Kier alpha value is -3.58. The normalized spacial score (nSPS) is 10.9. The van der Waals surface area contributed by atoms with Crippen molar-refractivity contribution in [1.29, 1.82) is 0 Å². The quantitative estimate of drug-likeness (QED) is 0.531. The molecule has 0 fully saturated rings. The molecule has 0 spiro atoms. The molecule has 0 atom stereocenters. The summed E-state index contributed by atoms with van der Waals surface area (Å²) in [6.07, 6.45) is 3.19. The molecule has 7 nitrogen and oxygen atoms in total. The first-order valence-corrected chi connectivity index (χ1v) is 9.61. The highest BCUT2D eigenvalue weighted by Crippen LogP contribution is 2.27. The van der Waals surface area contributed by atoms with Crippen LogP contribution in [0.3, 0.4) is 0 Å². The Balaban J connectivity index is 1.60. The van der Waals surface area contributed by atoms with Crippen LogP contribution < -0.4 is 15.6 Å². The van der Waals surface area contributed by atoms with Gasteiger partial charge in [-0.2, -0.15) is 5.10 Å². The topological polar surface area (TPSA) is 77.6 Å². The molecule has 0 saturated carbocycles. The van der Waals surface area contributed by atoms with Crippen LogP contribution in [0.25, 0.3) is 16.8 Å². The van der Waals surface area contributed by atoms with Crippen molar-refractivity contribution in [3.8, 4) is 17.0 Å².